The monoisotopic (exact) mass is 206 g/mol. The van der Waals surface area contributed by atoms with Crippen LogP contribution < -0.4 is 10.5 Å². The number of rotatable bonds is 2. The topological polar surface area (TPSA) is 48.1 Å². The third-order valence-electron chi connectivity index (χ3n) is 1.66. The number of benzene rings is 1. The molecule has 0 saturated heterocycles. The Balaban J connectivity index is 2.18. The quantitative estimate of drug-likeness (QED) is 0.768. The molecule has 0 amide bonds. The van der Waals surface area contributed by atoms with Gasteiger partial charge in [-0.2, -0.15) is 0 Å². The Morgan fingerprint density at radius 1 is 1.43 bits per heavy atom. The van der Waals surface area contributed by atoms with Gasteiger partial charge in [0.1, 0.15) is 5.75 Å². The van der Waals surface area contributed by atoms with Crippen LogP contribution in [0.15, 0.2) is 29.6 Å². The Hall–Kier alpha value is -1.55. The average Bonchev–Trinajstić information content (AvgIpc) is 2.51. The Kier molecular flexibility index (Phi) is 2.37. The maximum absolute atomic E-state index is 5.62. The van der Waals surface area contributed by atoms with Crippen molar-refractivity contribution in [2.75, 3.05) is 5.73 Å². The molecule has 2 N–H and O–H groups in total. The van der Waals surface area contributed by atoms with E-state index in [1.807, 2.05) is 30.5 Å². The van der Waals surface area contributed by atoms with E-state index in [1.165, 1.54) is 11.3 Å². The minimum Gasteiger partial charge on any atom is -0.431 e. The van der Waals surface area contributed by atoms with Crippen molar-refractivity contribution >= 4 is 17.0 Å². The van der Waals surface area contributed by atoms with Crippen LogP contribution in [0.1, 0.15) is 5.69 Å². The van der Waals surface area contributed by atoms with Crippen molar-refractivity contribution in [2.24, 2.45) is 0 Å². The summed E-state index contributed by atoms with van der Waals surface area (Å²) in [5.41, 5.74) is 7.28. The molecule has 0 aliphatic heterocycles. The van der Waals surface area contributed by atoms with Crippen LogP contribution in [0.4, 0.5) is 5.69 Å². The molecular weight excluding hydrogens is 196 g/mol. The summed E-state index contributed by atoms with van der Waals surface area (Å²) in [5, 5.41) is 2.59. The summed E-state index contributed by atoms with van der Waals surface area (Å²) >= 11 is 1.48. The van der Waals surface area contributed by atoms with Crippen molar-refractivity contribution in [1.29, 1.82) is 0 Å². The summed E-state index contributed by atoms with van der Waals surface area (Å²) in [7, 11) is 0. The summed E-state index contributed by atoms with van der Waals surface area (Å²) in [5.74, 6) is 0.722. The van der Waals surface area contributed by atoms with Gasteiger partial charge in [0.2, 0.25) is 0 Å². The molecule has 14 heavy (non-hydrogen) atoms. The fourth-order valence-electron chi connectivity index (χ4n) is 1.06. The second-order valence-corrected chi connectivity index (χ2v) is 3.75. The first-order valence-corrected chi connectivity index (χ1v) is 5.07. The lowest BCUT2D eigenvalue weighted by molar-refractivity contribution is 0.478. The highest BCUT2D eigenvalue weighted by Gasteiger charge is 2.01. The highest BCUT2D eigenvalue weighted by atomic mass is 32.1. The molecule has 0 atom stereocenters. The van der Waals surface area contributed by atoms with Crippen LogP contribution >= 0.6 is 11.3 Å². The van der Waals surface area contributed by atoms with Crippen molar-refractivity contribution < 1.29 is 4.74 Å². The molecule has 0 spiro atoms. The summed E-state index contributed by atoms with van der Waals surface area (Å²) in [6.45, 7) is 1.93. The van der Waals surface area contributed by atoms with Crippen LogP contribution in [-0.4, -0.2) is 4.98 Å². The minimum absolute atomic E-state index is 0.646. The fraction of sp³-hybridized carbons (Fsp3) is 0.100. The Bertz CT molecular complexity index is 439. The highest BCUT2D eigenvalue weighted by molar-refractivity contribution is 7.11. The lowest BCUT2D eigenvalue weighted by atomic mass is 10.3. The van der Waals surface area contributed by atoms with Crippen molar-refractivity contribution in [1.82, 2.24) is 4.98 Å². The van der Waals surface area contributed by atoms with Gasteiger partial charge in [-0.1, -0.05) is 17.4 Å². The van der Waals surface area contributed by atoms with Crippen molar-refractivity contribution in [3.8, 4) is 10.9 Å². The van der Waals surface area contributed by atoms with Gasteiger partial charge in [-0.25, -0.2) is 4.98 Å². The first kappa shape index (κ1) is 9.02. The average molecular weight is 206 g/mol. The van der Waals surface area contributed by atoms with Gasteiger partial charge in [0.15, 0.2) is 0 Å². The molecule has 3 nitrogen and oxygen atoms in total. The maximum atomic E-state index is 5.62. The third-order valence-corrected chi connectivity index (χ3v) is 2.50. The molecular formula is C10H10N2OS. The fourth-order valence-corrected chi connectivity index (χ4v) is 1.72. The van der Waals surface area contributed by atoms with Gasteiger partial charge in [-0.3, -0.25) is 0 Å². The van der Waals surface area contributed by atoms with E-state index in [4.69, 9.17) is 10.5 Å². The maximum Gasteiger partial charge on any atom is 0.278 e. The first-order chi connectivity index (χ1) is 6.74. The number of thiazole rings is 1. The first-order valence-electron chi connectivity index (χ1n) is 4.19. The van der Waals surface area contributed by atoms with Crippen LogP contribution in [-0.2, 0) is 0 Å². The largest absolute Gasteiger partial charge is 0.431 e. The number of anilines is 1. The molecule has 0 bridgehead atoms. The molecule has 1 aromatic carbocycles. The molecule has 4 heteroatoms. The van der Waals surface area contributed by atoms with E-state index in [-0.39, 0.29) is 0 Å². The van der Waals surface area contributed by atoms with E-state index in [2.05, 4.69) is 4.98 Å². The molecule has 72 valence electrons. The minimum atomic E-state index is 0.646. The van der Waals surface area contributed by atoms with E-state index in [0.717, 1.165) is 11.4 Å². The molecule has 2 rings (SSSR count). The Morgan fingerprint density at radius 2 is 2.29 bits per heavy atom. The van der Waals surface area contributed by atoms with E-state index in [9.17, 15) is 0 Å². The van der Waals surface area contributed by atoms with Gasteiger partial charge in [0.25, 0.3) is 5.19 Å². The molecule has 0 fully saturated rings. The third kappa shape index (κ3) is 2.03. The Morgan fingerprint density at radius 3 is 2.93 bits per heavy atom. The predicted molar refractivity (Wildman–Crippen MR) is 57.8 cm³/mol. The number of nitrogens with zero attached hydrogens (tertiary/aromatic N) is 1. The molecule has 2 aromatic rings. The van der Waals surface area contributed by atoms with Gasteiger partial charge in [-0.05, 0) is 19.1 Å². The number of hydrogen-bond donors (Lipinski definition) is 1. The summed E-state index contributed by atoms with van der Waals surface area (Å²) < 4.78 is 5.51. The molecule has 0 aliphatic carbocycles. The van der Waals surface area contributed by atoms with E-state index < -0.39 is 0 Å². The molecule has 0 radical (unpaired) electrons. The summed E-state index contributed by atoms with van der Waals surface area (Å²) in [6, 6.07) is 7.30. The number of ether oxygens (including phenoxy) is 1. The van der Waals surface area contributed by atoms with E-state index >= 15 is 0 Å². The van der Waals surface area contributed by atoms with Crippen LogP contribution in [0, 0.1) is 6.92 Å². The summed E-state index contributed by atoms with van der Waals surface area (Å²) in [4.78, 5) is 4.19. The van der Waals surface area contributed by atoms with Crippen molar-refractivity contribution in [3.05, 3.63) is 35.3 Å². The molecule has 0 unspecified atom stereocenters. The highest BCUT2D eigenvalue weighted by Crippen LogP contribution is 2.25. The van der Waals surface area contributed by atoms with Crippen LogP contribution in [0.3, 0.4) is 0 Å². The number of nitrogen functional groups attached to an aromatic ring is 1. The SMILES string of the molecule is Cc1csc(Oc2cccc(N)c2)n1. The van der Waals surface area contributed by atoms with Crippen LogP contribution in [0.2, 0.25) is 0 Å². The Labute approximate surface area is 86.2 Å². The van der Waals surface area contributed by atoms with Gasteiger partial charge in [-0.15, -0.1) is 0 Å². The lowest BCUT2D eigenvalue weighted by Crippen LogP contribution is -1.87. The van der Waals surface area contributed by atoms with Crippen molar-refractivity contribution in [3.63, 3.8) is 0 Å². The standard InChI is InChI=1S/C10H10N2OS/c1-7-6-14-10(12-7)13-9-4-2-3-8(11)5-9/h2-6H,11H2,1H3. The second-order valence-electron chi connectivity index (χ2n) is 2.93. The number of aryl methyl sites for hydroxylation is 1. The van der Waals surface area contributed by atoms with Crippen LogP contribution in [0.5, 0.6) is 10.9 Å². The van der Waals surface area contributed by atoms with Gasteiger partial charge in [0.05, 0.1) is 5.69 Å². The van der Waals surface area contributed by atoms with Crippen LogP contribution in [0.25, 0.3) is 0 Å². The van der Waals surface area contributed by atoms with E-state index in [1.54, 1.807) is 6.07 Å². The van der Waals surface area contributed by atoms with Crippen molar-refractivity contribution in [2.45, 2.75) is 6.92 Å². The number of nitrogens with two attached hydrogens (primary N) is 1. The second kappa shape index (κ2) is 3.67. The normalized spacial score (nSPS) is 10.1. The molecule has 0 saturated carbocycles. The smallest absolute Gasteiger partial charge is 0.278 e. The molecule has 1 aromatic heterocycles. The van der Waals surface area contributed by atoms with E-state index in [0.29, 0.717) is 10.9 Å². The number of hydrogen-bond acceptors (Lipinski definition) is 4. The zero-order chi connectivity index (χ0) is 9.97. The number of aromatic nitrogens is 1. The zero-order valence-corrected chi connectivity index (χ0v) is 8.54. The lowest BCUT2D eigenvalue weighted by Gasteiger charge is -2.01. The van der Waals surface area contributed by atoms with Gasteiger partial charge < -0.3 is 10.5 Å². The molecule has 1 heterocycles. The molecule has 0 aliphatic rings. The summed E-state index contributed by atoms with van der Waals surface area (Å²) in [6.07, 6.45) is 0. The zero-order valence-electron chi connectivity index (χ0n) is 7.73. The predicted octanol–water partition coefficient (Wildman–Crippen LogP) is 2.83. The van der Waals surface area contributed by atoms with Gasteiger partial charge in [0, 0.05) is 17.1 Å². The van der Waals surface area contributed by atoms with Gasteiger partial charge >= 0.3 is 0 Å².